The fourth-order valence-electron chi connectivity index (χ4n) is 4.63. The molecule has 0 saturated carbocycles. The van der Waals surface area contributed by atoms with Crippen LogP contribution in [0.15, 0.2) is 12.7 Å². The normalized spacial score (nSPS) is 22.4. The number of thiol groups is 1. The molecule has 0 radical (unpaired) electrons. The third-order valence-corrected chi connectivity index (χ3v) is 11.8. The highest BCUT2D eigenvalue weighted by Crippen LogP contribution is 2.61. The van der Waals surface area contributed by atoms with Crippen molar-refractivity contribution in [1.82, 2.24) is 30.2 Å². The fourth-order valence-corrected chi connectivity index (χ4v) is 8.82. The van der Waals surface area contributed by atoms with Gasteiger partial charge in [-0.15, -0.1) is 0 Å². The summed E-state index contributed by atoms with van der Waals surface area (Å²) in [6.07, 6.45) is -5.83. The van der Waals surface area contributed by atoms with Crippen LogP contribution in [0.3, 0.4) is 0 Å². The van der Waals surface area contributed by atoms with Gasteiger partial charge in [-0.05, 0) is 12.2 Å². The third kappa shape index (κ3) is 14.6. The van der Waals surface area contributed by atoms with E-state index in [0.717, 1.165) is 29.4 Å². The minimum atomic E-state index is -5.55. The van der Waals surface area contributed by atoms with Gasteiger partial charge < -0.3 is 50.9 Å². The Morgan fingerprint density at radius 3 is 2.37 bits per heavy atom. The number of aliphatic hydroxyl groups is 2. The van der Waals surface area contributed by atoms with E-state index >= 15 is 0 Å². The predicted molar refractivity (Wildman–Crippen MR) is 195 cm³/mol. The van der Waals surface area contributed by atoms with E-state index in [0.29, 0.717) is 12.3 Å². The number of imidazole rings is 1. The number of carbonyl (C=O) groups excluding carboxylic acids is 2. The van der Waals surface area contributed by atoms with E-state index in [2.05, 4.69) is 47.0 Å². The molecule has 2 amide bonds. The van der Waals surface area contributed by atoms with E-state index < -0.39 is 78.6 Å². The predicted octanol–water partition coefficient (Wildman–Crippen LogP) is 0.237. The van der Waals surface area contributed by atoms with E-state index in [9.17, 15) is 53.1 Å². The Hall–Kier alpha value is -1.76. The van der Waals surface area contributed by atoms with E-state index in [1.54, 1.807) is 11.8 Å². The second-order valence-electron chi connectivity index (χ2n) is 13.2. The molecule has 2 aromatic rings. The van der Waals surface area contributed by atoms with Crippen molar-refractivity contribution in [1.29, 1.82) is 0 Å². The number of fused-ring (bicyclic) bond motifs is 1. The Kier molecular flexibility index (Phi) is 16.5. The monoisotopic (exact) mass is 869 g/mol. The van der Waals surface area contributed by atoms with Crippen LogP contribution in [-0.4, -0.2) is 128 Å². The number of phosphoric ester groups is 3. The van der Waals surface area contributed by atoms with Crippen molar-refractivity contribution in [3.05, 3.63) is 12.7 Å². The first-order chi connectivity index (χ1) is 24.8. The minimum absolute atomic E-state index is 0.0357. The topological polar surface area (TPSA) is 347 Å². The van der Waals surface area contributed by atoms with Crippen LogP contribution in [0.4, 0.5) is 5.82 Å². The van der Waals surface area contributed by atoms with Gasteiger partial charge in [0, 0.05) is 35.4 Å². The first kappa shape index (κ1) is 46.6. The number of carbonyl (C=O) groups is 2. The first-order valence-corrected chi connectivity index (χ1v) is 22.1. The van der Waals surface area contributed by atoms with Gasteiger partial charge in [0.05, 0.1) is 19.5 Å². The number of nitrogen functional groups attached to an aromatic ring is 1. The highest BCUT2D eigenvalue weighted by atomic mass is 32.2. The first-order valence-electron chi connectivity index (χ1n) is 16.0. The summed E-state index contributed by atoms with van der Waals surface area (Å²) < 4.78 is 62.0. The lowest BCUT2D eigenvalue weighted by molar-refractivity contribution is -0.137. The van der Waals surface area contributed by atoms with Crippen molar-refractivity contribution in [2.24, 2.45) is 5.41 Å². The van der Waals surface area contributed by atoms with Gasteiger partial charge in [0.2, 0.25) is 11.8 Å². The number of nitrogens with one attached hydrogen (secondary N) is 2. The summed E-state index contributed by atoms with van der Waals surface area (Å²) in [5.74, 6) is 0.274. The fraction of sp³-hybridized carbons (Fsp3) is 0.731. The van der Waals surface area contributed by atoms with Gasteiger partial charge in [-0.3, -0.25) is 27.7 Å². The van der Waals surface area contributed by atoms with Crippen LogP contribution in [0.5, 0.6) is 0 Å². The molecule has 7 atom stereocenters. The summed E-state index contributed by atoms with van der Waals surface area (Å²) in [5, 5.41) is 26.5. The van der Waals surface area contributed by atoms with Gasteiger partial charge >= 0.3 is 23.5 Å². The van der Waals surface area contributed by atoms with E-state index in [1.165, 1.54) is 13.8 Å². The SMILES string of the molecule is CC(C)(S)CCSCCNC(=O)CCNC(=O)C(O)C(C)(C)COP(=O)(O)OP(=O)(O)OCC1OC(n2cnc3c(N)ncnc32)C(O)C1OP(=O)(O)O. The Labute approximate surface area is 319 Å². The zero-order chi connectivity index (χ0) is 40.7. The van der Waals surface area contributed by atoms with E-state index in [4.69, 9.17) is 19.5 Å². The lowest BCUT2D eigenvalue weighted by Gasteiger charge is -2.30. The third-order valence-electron chi connectivity index (χ3n) is 7.50. The van der Waals surface area contributed by atoms with Crippen LogP contribution in [0.25, 0.3) is 11.2 Å². The zero-order valence-electron chi connectivity index (χ0n) is 29.5. The number of hydrogen-bond donors (Lipinski definition) is 10. The number of phosphoric acid groups is 3. The largest absolute Gasteiger partial charge is 0.481 e. The van der Waals surface area contributed by atoms with Crippen LogP contribution < -0.4 is 16.4 Å². The molecule has 28 heteroatoms. The summed E-state index contributed by atoms with van der Waals surface area (Å²) in [4.78, 5) is 75.5. The molecule has 3 heterocycles. The zero-order valence-corrected chi connectivity index (χ0v) is 33.9. The molecule has 0 aromatic carbocycles. The summed E-state index contributed by atoms with van der Waals surface area (Å²) in [6, 6.07) is 0. The van der Waals surface area contributed by atoms with Crippen molar-refractivity contribution in [3.8, 4) is 0 Å². The molecule has 23 nitrogen and oxygen atoms in total. The van der Waals surface area contributed by atoms with Crippen LogP contribution in [0.1, 0.15) is 46.8 Å². The summed E-state index contributed by atoms with van der Waals surface area (Å²) in [5.41, 5.74) is 4.31. The second-order valence-corrected chi connectivity index (χ2v) is 19.9. The summed E-state index contributed by atoms with van der Waals surface area (Å²) in [7, 11) is -16.3. The van der Waals surface area contributed by atoms with Gasteiger partial charge in [0.25, 0.3) is 0 Å². The quantitative estimate of drug-likeness (QED) is 0.0430. The smallest absolute Gasteiger partial charge is 0.386 e. The van der Waals surface area contributed by atoms with Crippen molar-refractivity contribution in [2.45, 2.75) is 75.9 Å². The number of aromatic nitrogens is 4. The number of thioether (sulfide) groups is 1. The lowest BCUT2D eigenvalue weighted by atomic mass is 9.87. The van der Waals surface area contributed by atoms with E-state index in [1.807, 2.05) is 13.8 Å². The van der Waals surface area contributed by atoms with Crippen LogP contribution in [-0.2, 0) is 45.9 Å². The second kappa shape index (κ2) is 19.1. The van der Waals surface area contributed by atoms with Gasteiger partial charge in [-0.25, -0.2) is 28.6 Å². The van der Waals surface area contributed by atoms with Crippen molar-refractivity contribution < 1.29 is 75.7 Å². The number of anilines is 1. The minimum Gasteiger partial charge on any atom is -0.386 e. The Morgan fingerprint density at radius 2 is 1.72 bits per heavy atom. The molecular formula is C26H46N7O16P3S2. The molecule has 3 rings (SSSR count). The van der Waals surface area contributed by atoms with Crippen LogP contribution in [0.2, 0.25) is 0 Å². The molecule has 10 N–H and O–H groups in total. The molecule has 1 fully saturated rings. The molecule has 7 unspecified atom stereocenters. The standard InChI is InChI=1S/C26H46N7O16P3S2/c1-25(2,20(36)23(37)29-7-5-16(34)28-8-10-54-9-6-26(3,4)53)12-46-52(43,44)49-51(41,42)45-11-15-19(48-50(38,39)40)18(35)24(47-15)33-14-32-17-21(27)30-13-31-22(17)33/h13-15,18-20,24,35-36,53H,5-12H2,1-4H3,(H,28,34)(H,29,37)(H,41,42)(H,43,44)(H2,27,30,31)(H2,38,39,40). The molecule has 308 valence electrons. The number of aliphatic hydroxyl groups excluding tert-OH is 2. The maximum absolute atomic E-state index is 12.7. The average Bonchev–Trinajstić information content (AvgIpc) is 3.60. The number of amides is 2. The molecule has 2 aromatic heterocycles. The highest BCUT2D eigenvalue weighted by Gasteiger charge is 2.50. The van der Waals surface area contributed by atoms with Crippen LogP contribution >= 0.6 is 47.9 Å². The van der Waals surface area contributed by atoms with Gasteiger partial charge in [-0.2, -0.15) is 28.7 Å². The van der Waals surface area contributed by atoms with E-state index in [-0.39, 0.29) is 40.6 Å². The molecule has 1 aliphatic heterocycles. The van der Waals surface area contributed by atoms with Crippen LogP contribution in [0, 0.1) is 5.41 Å². The Bertz CT molecular complexity index is 1740. The average molecular weight is 870 g/mol. The molecule has 1 saturated heterocycles. The molecule has 0 aliphatic carbocycles. The molecule has 0 spiro atoms. The van der Waals surface area contributed by atoms with Gasteiger partial charge in [-0.1, -0.05) is 27.7 Å². The molecule has 0 bridgehead atoms. The molecule has 54 heavy (non-hydrogen) atoms. The van der Waals surface area contributed by atoms with Gasteiger partial charge in [0.15, 0.2) is 17.7 Å². The Morgan fingerprint density at radius 1 is 1.06 bits per heavy atom. The number of rotatable bonds is 22. The van der Waals surface area contributed by atoms with Crippen molar-refractivity contribution >= 4 is 76.7 Å². The number of hydrogen-bond acceptors (Lipinski definition) is 18. The highest BCUT2D eigenvalue weighted by molar-refractivity contribution is 7.99. The number of nitrogens with zero attached hydrogens (tertiary/aromatic N) is 4. The molecular weight excluding hydrogens is 823 g/mol. The van der Waals surface area contributed by atoms with Crippen molar-refractivity contribution in [2.75, 3.05) is 43.5 Å². The summed E-state index contributed by atoms with van der Waals surface area (Å²) in [6.45, 7) is 4.89. The Balaban J connectivity index is 1.50. The van der Waals surface area contributed by atoms with Gasteiger partial charge in [0.1, 0.15) is 36.3 Å². The molecule has 1 aliphatic rings. The maximum atomic E-state index is 12.7. The summed E-state index contributed by atoms with van der Waals surface area (Å²) >= 11 is 6.12. The van der Waals surface area contributed by atoms with Crippen molar-refractivity contribution in [3.63, 3.8) is 0 Å². The number of nitrogens with two attached hydrogens (primary N) is 1. The lowest BCUT2D eigenvalue weighted by Crippen LogP contribution is -2.46. The maximum Gasteiger partial charge on any atom is 0.481 e. The number of ether oxygens (including phenoxy) is 1.